The van der Waals surface area contributed by atoms with Crippen LogP contribution >= 0.6 is 0 Å². The van der Waals surface area contributed by atoms with E-state index < -0.39 is 11.6 Å². The van der Waals surface area contributed by atoms with Gasteiger partial charge in [-0.05, 0) is 31.0 Å². The van der Waals surface area contributed by atoms with Crippen LogP contribution in [0.15, 0.2) is 46.0 Å². The Balaban J connectivity index is 0.000000172. The first-order valence-corrected chi connectivity index (χ1v) is 9.56. The summed E-state index contributed by atoms with van der Waals surface area (Å²) >= 11 is 0. The Hall–Kier alpha value is -3.59. The van der Waals surface area contributed by atoms with Crippen LogP contribution < -0.4 is 11.4 Å². The molecule has 0 saturated heterocycles. The Labute approximate surface area is 171 Å². The number of fused-ring (bicyclic) bond motifs is 2. The summed E-state index contributed by atoms with van der Waals surface area (Å²) in [4.78, 5) is 44.0. The van der Waals surface area contributed by atoms with E-state index in [2.05, 4.69) is 24.7 Å². The molecule has 0 atom stereocenters. The molecule has 0 unspecified atom stereocenters. The van der Waals surface area contributed by atoms with Gasteiger partial charge in [-0.1, -0.05) is 32.0 Å². The van der Waals surface area contributed by atoms with Crippen molar-refractivity contribution in [2.24, 2.45) is 0 Å². The number of para-hydroxylation sites is 2. The largest absolute Gasteiger partial charge is 0.465 e. The van der Waals surface area contributed by atoms with E-state index in [0.717, 1.165) is 11.1 Å². The Kier molecular flexibility index (Phi) is 5.93. The van der Waals surface area contributed by atoms with Gasteiger partial charge in [-0.15, -0.1) is 0 Å². The number of imidazole rings is 2. The Bertz CT molecular complexity index is 1290. The maximum atomic E-state index is 11.3. The molecule has 0 spiro atoms. The molecular formula is C21H24N4O5. The molecule has 0 aliphatic carbocycles. The van der Waals surface area contributed by atoms with Gasteiger partial charge in [-0.3, -0.25) is 0 Å². The van der Waals surface area contributed by atoms with Crippen molar-refractivity contribution in [3.8, 4) is 0 Å². The van der Waals surface area contributed by atoms with Gasteiger partial charge in [0.15, 0.2) is 0 Å². The summed E-state index contributed by atoms with van der Waals surface area (Å²) in [6.07, 6.45) is 1.24. The second-order valence-corrected chi connectivity index (χ2v) is 6.84. The fraction of sp³-hybridized carbons (Fsp3) is 0.286. The van der Waals surface area contributed by atoms with Gasteiger partial charge in [-0.2, -0.15) is 0 Å². The SMILES string of the molecule is CCC(O)(CC)c1cccc2[nH]c(=O)[nH]c12.COC(=O)c1cccc2[nH]c(=O)[nH]c12. The van der Waals surface area contributed by atoms with Crippen LogP contribution in [0.25, 0.3) is 22.1 Å². The Morgan fingerprint density at radius 2 is 1.43 bits per heavy atom. The lowest BCUT2D eigenvalue weighted by molar-refractivity contribution is 0.0297. The first-order valence-electron chi connectivity index (χ1n) is 9.56. The lowest BCUT2D eigenvalue weighted by Crippen LogP contribution is -2.23. The summed E-state index contributed by atoms with van der Waals surface area (Å²) in [6.45, 7) is 3.88. The number of aromatic amines is 4. The average Bonchev–Trinajstić information content (AvgIpc) is 3.33. The highest BCUT2D eigenvalue weighted by atomic mass is 16.5. The van der Waals surface area contributed by atoms with Crippen LogP contribution in [-0.2, 0) is 10.3 Å². The van der Waals surface area contributed by atoms with E-state index in [1.807, 2.05) is 32.0 Å². The van der Waals surface area contributed by atoms with Crippen LogP contribution in [0.4, 0.5) is 0 Å². The molecule has 5 N–H and O–H groups in total. The van der Waals surface area contributed by atoms with E-state index in [-0.39, 0.29) is 11.4 Å². The topological polar surface area (TPSA) is 144 Å². The minimum atomic E-state index is -0.870. The fourth-order valence-electron chi connectivity index (χ4n) is 3.42. The molecule has 0 aliphatic heterocycles. The second kappa shape index (κ2) is 8.42. The van der Waals surface area contributed by atoms with Gasteiger partial charge in [0.25, 0.3) is 0 Å². The van der Waals surface area contributed by atoms with Gasteiger partial charge in [0.1, 0.15) is 0 Å². The minimum Gasteiger partial charge on any atom is -0.465 e. The van der Waals surface area contributed by atoms with E-state index in [4.69, 9.17) is 0 Å². The molecule has 9 nitrogen and oxygen atoms in total. The summed E-state index contributed by atoms with van der Waals surface area (Å²) in [5.74, 6) is -0.467. The number of H-pyrrole nitrogens is 4. The maximum absolute atomic E-state index is 11.3. The molecule has 30 heavy (non-hydrogen) atoms. The van der Waals surface area contributed by atoms with Crippen LogP contribution in [0, 0.1) is 0 Å². The third-order valence-electron chi connectivity index (χ3n) is 5.18. The zero-order chi connectivity index (χ0) is 21.9. The van der Waals surface area contributed by atoms with Gasteiger partial charge in [0.05, 0.1) is 40.3 Å². The van der Waals surface area contributed by atoms with E-state index in [1.54, 1.807) is 18.2 Å². The highest BCUT2D eigenvalue weighted by Crippen LogP contribution is 2.32. The van der Waals surface area contributed by atoms with Crippen molar-refractivity contribution in [1.29, 1.82) is 0 Å². The fourth-order valence-corrected chi connectivity index (χ4v) is 3.42. The first kappa shape index (κ1) is 21.1. The highest BCUT2D eigenvalue weighted by molar-refractivity contribution is 6.01. The van der Waals surface area contributed by atoms with E-state index in [1.165, 1.54) is 7.11 Å². The summed E-state index contributed by atoms with van der Waals surface area (Å²) < 4.78 is 4.58. The summed E-state index contributed by atoms with van der Waals surface area (Å²) in [5, 5.41) is 10.5. The number of rotatable bonds is 4. The molecule has 0 saturated carbocycles. The van der Waals surface area contributed by atoms with E-state index in [0.29, 0.717) is 35.0 Å². The van der Waals surface area contributed by atoms with Gasteiger partial charge in [-0.25, -0.2) is 14.4 Å². The number of carbonyl (C=O) groups is 1. The monoisotopic (exact) mass is 412 g/mol. The summed E-state index contributed by atoms with van der Waals surface area (Å²) in [6, 6.07) is 10.5. The van der Waals surface area contributed by atoms with Crippen LogP contribution in [0.2, 0.25) is 0 Å². The zero-order valence-corrected chi connectivity index (χ0v) is 17.0. The molecule has 2 aromatic carbocycles. The molecule has 4 rings (SSSR count). The van der Waals surface area contributed by atoms with Crippen molar-refractivity contribution in [3.05, 3.63) is 68.5 Å². The normalized spacial score (nSPS) is 11.3. The van der Waals surface area contributed by atoms with Gasteiger partial charge in [0, 0.05) is 5.56 Å². The number of esters is 1. The number of methoxy groups -OCH3 is 1. The van der Waals surface area contributed by atoms with Crippen LogP contribution in [0.3, 0.4) is 0 Å². The molecule has 0 amide bonds. The first-order chi connectivity index (χ1) is 14.3. The molecular weight excluding hydrogens is 388 g/mol. The molecule has 0 aliphatic rings. The Morgan fingerprint density at radius 1 is 0.900 bits per heavy atom. The number of aliphatic hydroxyl groups is 1. The number of nitrogens with one attached hydrogen (secondary N) is 4. The smallest absolute Gasteiger partial charge is 0.340 e. The lowest BCUT2D eigenvalue weighted by atomic mass is 9.88. The van der Waals surface area contributed by atoms with Crippen molar-refractivity contribution in [2.75, 3.05) is 7.11 Å². The van der Waals surface area contributed by atoms with Crippen LogP contribution in [0.5, 0.6) is 0 Å². The molecule has 158 valence electrons. The molecule has 0 bridgehead atoms. The van der Waals surface area contributed by atoms with Crippen LogP contribution in [0.1, 0.15) is 42.6 Å². The van der Waals surface area contributed by atoms with E-state index in [9.17, 15) is 19.5 Å². The maximum Gasteiger partial charge on any atom is 0.340 e. The van der Waals surface area contributed by atoms with Gasteiger partial charge >= 0.3 is 17.3 Å². The molecule has 2 heterocycles. The second-order valence-electron chi connectivity index (χ2n) is 6.84. The van der Waals surface area contributed by atoms with E-state index >= 15 is 0 Å². The standard InChI is InChI=1S/C12H16N2O2.C9H8N2O3/c1-3-12(16,4-2)8-6-5-7-9-10(8)14-11(15)13-9;1-14-8(12)5-3-2-4-6-7(5)11-9(13)10-6/h5-7,16H,3-4H2,1-2H3,(H2,13,14,15);2-4H,1H3,(H2,10,11,13). The number of benzene rings is 2. The quantitative estimate of drug-likeness (QED) is 0.327. The van der Waals surface area contributed by atoms with Gasteiger partial charge < -0.3 is 29.8 Å². The average molecular weight is 412 g/mol. The molecule has 4 aromatic rings. The third kappa shape index (κ3) is 3.92. The van der Waals surface area contributed by atoms with Crippen LogP contribution in [-0.4, -0.2) is 38.1 Å². The molecule has 0 radical (unpaired) electrons. The predicted octanol–water partition coefficient (Wildman–Crippen LogP) is 2.51. The third-order valence-corrected chi connectivity index (χ3v) is 5.18. The number of carbonyl (C=O) groups excluding carboxylic acids is 1. The van der Waals surface area contributed by atoms with Crippen molar-refractivity contribution in [1.82, 2.24) is 19.9 Å². The van der Waals surface area contributed by atoms with Crippen molar-refractivity contribution >= 4 is 28.0 Å². The van der Waals surface area contributed by atoms with Crippen molar-refractivity contribution < 1.29 is 14.6 Å². The molecule has 9 heteroatoms. The molecule has 0 fully saturated rings. The Morgan fingerprint density at radius 3 is 2.00 bits per heavy atom. The highest BCUT2D eigenvalue weighted by Gasteiger charge is 2.27. The number of ether oxygens (including phenoxy) is 1. The minimum absolute atomic E-state index is 0.239. The molecule has 2 aromatic heterocycles. The number of aromatic nitrogens is 4. The predicted molar refractivity (Wildman–Crippen MR) is 114 cm³/mol. The summed E-state index contributed by atoms with van der Waals surface area (Å²) in [5.41, 5.74) is 2.21. The zero-order valence-electron chi connectivity index (χ0n) is 17.0. The van der Waals surface area contributed by atoms with Crippen molar-refractivity contribution in [3.63, 3.8) is 0 Å². The summed E-state index contributed by atoms with van der Waals surface area (Å²) in [7, 11) is 1.30. The number of hydrogen-bond donors (Lipinski definition) is 5. The van der Waals surface area contributed by atoms with Crippen molar-refractivity contribution in [2.45, 2.75) is 32.3 Å². The van der Waals surface area contributed by atoms with Gasteiger partial charge in [0.2, 0.25) is 0 Å². The lowest BCUT2D eigenvalue weighted by Gasteiger charge is -2.26. The number of hydrogen-bond acceptors (Lipinski definition) is 5.